The van der Waals surface area contributed by atoms with Crippen molar-refractivity contribution in [1.29, 1.82) is 0 Å². The number of hydrogen-bond donors (Lipinski definition) is 2. The quantitative estimate of drug-likeness (QED) is 0.599. The second kappa shape index (κ2) is 10.7. The fourth-order valence-electron chi connectivity index (χ4n) is 2.75. The highest BCUT2D eigenvalue weighted by Crippen LogP contribution is 2.15. The van der Waals surface area contributed by atoms with Gasteiger partial charge in [-0.05, 0) is 62.4 Å². The van der Waals surface area contributed by atoms with Gasteiger partial charge < -0.3 is 15.0 Å². The number of carbonyl (C=O) groups is 2. The number of anilines is 1. The smallest absolute Gasteiger partial charge is 0.253 e. The Bertz CT molecular complexity index is 953. The Balaban J connectivity index is 1.86. The summed E-state index contributed by atoms with van der Waals surface area (Å²) in [6.45, 7) is 5.04. The number of hydrogen-bond acceptors (Lipinski definition) is 5. The normalized spacial score (nSPS) is 11.0. The molecule has 0 unspecified atom stereocenters. The summed E-state index contributed by atoms with van der Waals surface area (Å²) in [5, 5.41) is 2.69. The average Bonchev–Trinajstić information content (AvgIpc) is 2.75. The fourth-order valence-corrected chi connectivity index (χ4v) is 3.78. The Labute approximate surface area is 177 Å². The Hall–Kier alpha value is -2.91. The topological polar surface area (TPSA) is 105 Å². The van der Waals surface area contributed by atoms with Gasteiger partial charge in [-0.3, -0.25) is 9.59 Å². The lowest BCUT2D eigenvalue weighted by molar-refractivity contribution is -0.116. The number of methoxy groups -OCH3 is 1. The first-order valence-corrected chi connectivity index (χ1v) is 11.1. The monoisotopic (exact) mass is 433 g/mol. The van der Waals surface area contributed by atoms with Crippen molar-refractivity contribution >= 4 is 27.5 Å². The van der Waals surface area contributed by atoms with Crippen LogP contribution in [0.25, 0.3) is 0 Å². The van der Waals surface area contributed by atoms with Crippen LogP contribution in [0, 0.1) is 0 Å². The van der Waals surface area contributed by atoms with Crippen LogP contribution in [0.5, 0.6) is 5.75 Å². The summed E-state index contributed by atoms with van der Waals surface area (Å²) in [5.74, 6) is 0.152. The minimum absolute atomic E-state index is 0.0322. The lowest BCUT2D eigenvalue weighted by Gasteiger charge is -2.18. The largest absolute Gasteiger partial charge is 0.497 e. The van der Waals surface area contributed by atoms with E-state index in [1.165, 1.54) is 19.2 Å². The summed E-state index contributed by atoms with van der Waals surface area (Å²) >= 11 is 0. The zero-order valence-corrected chi connectivity index (χ0v) is 18.2. The molecule has 162 valence electrons. The SMILES string of the molecule is CCN(CC)C(=O)c1ccc(NC(=O)CCNS(=O)(=O)c2ccc(OC)cc2)cc1. The van der Waals surface area contributed by atoms with Gasteiger partial charge in [0.25, 0.3) is 5.91 Å². The molecule has 0 saturated heterocycles. The van der Waals surface area contributed by atoms with Crippen molar-refractivity contribution in [2.75, 3.05) is 32.1 Å². The maximum atomic E-state index is 12.3. The highest BCUT2D eigenvalue weighted by atomic mass is 32.2. The van der Waals surface area contributed by atoms with Crippen molar-refractivity contribution in [1.82, 2.24) is 9.62 Å². The molecule has 2 aromatic rings. The second-order valence-electron chi connectivity index (χ2n) is 6.43. The van der Waals surface area contributed by atoms with Crippen LogP contribution >= 0.6 is 0 Å². The highest BCUT2D eigenvalue weighted by Gasteiger charge is 2.15. The molecule has 9 heteroatoms. The Morgan fingerprint density at radius 2 is 1.57 bits per heavy atom. The van der Waals surface area contributed by atoms with Gasteiger partial charge in [-0.25, -0.2) is 13.1 Å². The summed E-state index contributed by atoms with van der Waals surface area (Å²) in [7, 11) is -2.21. The molecular weight excluding hydrogens is 406 g/mol. The average molecular weight is 434 g/mol. The van der Waals surface area contributed by atoms with E-state index < -0.39 is 10.0 Å². The summed E-state index contributed by atoms with van der Waals surface area (Å²) in [6, 6.07) is 12.6. The molecule has 2 rings (SSSR count). The lowest BCUT2D eigenvalue weighted by Crippen LogP contribution is -2.30. The van der Waals surface area contributed by atoms with Crippen LogP contribution in [0.15, 0.2) is 53.4 Å². The van der Waals surface area contributed by atoms with E-state index in [1.54, 1.807) is 41.3 Å². The third kappa shape index (κ3) is 6.30. The number of benzene rings is 2. The van der Waals surface area contributed by atoms with Crippen LogP contribution < -0.4 is 14.8 Å². The molecule has 2 N–H and O–H groups in total. The number of nitrogens with one attached hydrogen (secondary N) is 2. The Morgan fingerprint density at radius 3 is 2.10 bits per heavy atom. The fraction of sp³-hybridized carbons (Fsp3) is 0.333. The zero-order chi connectivity index (χ0) is 22.1. The first kappa shape index (κ1) is 23.4. The third-order valence-corrected chi connectivity index (χ3v) is 5.96. The van der Waals surface area contributed by atoms with Gasteiger partial charge in [-0.2, -0.15) is 0 Å². The van der Waals surface area contributed by atoms with E-state index >= 15 is 0 Å². The molecule has 0 radical (unpaired) electrons. The van der Waals surface area contributed by atoms with Crippen LogP contribution in [0.1, 0.15) is 30.6 Å². The van der Waals surface area contributed by atoms with Crippen molar-refractivity contribution in [2.24, 2.45) is 0 Å². The van der Waals surface area contributed by atoms with Crippen molar-refractivity contribution in [3.8, 4) is 5.75 Å². The summed E-state index contributed by atoms with van der Waals surface area (Å²) in [6.07, 6.45) is -0.0322. The van der Waals surface area contributed by atoms with Crippen molar-refractivity contribution in [3.05, 3.63) is 54.1 Å². The number of ether oxygens (including phenoxy) is 1. The maximum Gasteiger partial charge on any atom is 0.253 e. The Morgan fingerprint density at radius 1 is 0.967 bits per heavy atom. The van der Waals surface area contributed by atoms with E-state index in [-0.39, 0.29) is 29.7 Å². The van der Waals surface area contributed by atoms with Crippen molar-refractivity contribution in [2.45, 2.75) is 25.2 Å². The molecule has 0 aliphatic heterocycles. The van der Waals surface area contributed by atoms with Crippen LogP contribution in [-0.2, 0) is 14.8 Å². The predicted octanol–water partition coefficient (Wildman–Crippen LogP) is 2.48. The van der Waals surface area contributed by atoms with E-state index in [0.29, 0.717) is 30.1 Å². The van der Waals surface area contributed by atoms with Gasteiger partial charge in [0.1, 0.15) is 5.75 Å². The molecule has 2 amide bonds. The standard InChI is InChI=1S/C21H27N3O5S/c1-4-24(5-2)21(26)16-6-8-17(9-7-16)23-20(25)14-15-22-30(27,28)19-12-10-18(29-3)11-13-19/h6-13,22H,4-5,14-15H2,1-3H3,(H,23,25). The van der Waals surface area contributed by atoms with E-state index in [1.807, 2.05) is 13.8 Å². The van der Waals surface area contributed by atoms with Gasteiger partial charge in [0.2, 0.25) is 15.9 Å². The van der Waals surface area contributed by atoms with Crippen LogP contribution in [0.4, 0.5) is 5.69 Å². The molecule has 0 heterocycles. The van der Waals surface area contributed by atoms with E-state index in [9.17, 15) is 18.0 Å². The third-order valence-electron chi connectivity index (χ3n) is 4.48. The first-order valence-electron chi connectivity index (χ1n) is 9.63. The molecule has 30 heavy (non-hydrogen) atoms. The molecule has 2 aromatic carbocycles. The first-order chi connectivity index (χ1) is 14.3. The minimum Gasteiger partial charge on any atom is -0.497 e. The van der Waals surface area contributed by atoms with Gasteiger partial charge in [-0.1, -0.05) is 0 Å². The Kier molecular flexibility index (Phi) is 8.37. The molecule has 0 aliphatic carbocycles. The minimum atomic E-state index is -3.71. The number of rotatable bonds is 10. The molecule has 0 fully saturated rings. The number of amides is 2. The highest BCUT2D eigenvalue weighted by molar-refractivity contribution is 7.89. The number of nitrogens with zero attached hydrogens (tertiary/aromatic N) is 1. The van der Waals surface area contributed by atoms with Crippen LogP contribution in [0.2, 0.25) is 0 Å². The van der Waals surface area contributed by atoms with Gasteiger partial charge in [-0.15, -0.1) is 0 Å². The summed E-state index contributed by atoms with van der Waals surface area (Å²) in [4.78, 5) is 26.2. The van der Waals surface area contributed by atoms with Crippen molar-refractivity contribution < 1.29 is 22.7 Å². The van der Waals surface area contributed by atoms with E-state index in [4.69, 9.17) is 4.74 Å². The molecule has 0 aromatic heterocycles. The second-order valence-corrected chi connectivity index (χ2v) is 8.19. The molecule has 8 nitrogen and oxygen atoms in total. The number of sulfonamides is 1. The predicted molar refractivity (Wildman–Crippen MR) is 115 cm³/mol. The van der Waals surface area contributed by atoms with Crippen LogP contribution in [0.3, 0.4) is 0 Å². The van der Waals surface area contributed by atoms with Gasteiger partial charge >= 0.3 is 0 Å². The summed E-state index contributed by atoms with van der Waals surface area (Å²) < 4.78 is 31.9. The zero-order valence-electron chi connectivity index (χ0n) is 17.3. The molecule has 0 spiro atoms. The van der Waals surface area contributed by atoms with E-state index in [2.05, 4.69) is 10.0 Å². The molecule has 0 saturated carbocycles. The molecule has 0 atom stereocenters. The summed E-state index contributed by atoms with van der Waals surface area (Å²) in [5.41, 5.74) is 1.08. The van der Waals surface area contributed by atoms with Crippen LogP contribution in [-0.4, -0.2) is 51.9 Å². The van der Waals surface area contributed by atoms with Crippen molar-refractivity contribution in [3.63, 3.8) is 0 Å². The van der Waals surface area contributed by atoms with E-state index in [0.717, 1.165) is 0 Å². The lowest BCUT2D eigenvalue weighted by atomic mass is 10.1. The van der Waals surface area contributed by atoms with Gasteiger partial charge in [0, 0.05) is 37.3 Å². The molecular formula is C21H27N3O5S. The number of carbonyl (C=O) groups excluding carboxylic acids is 2. The van der Waals surface area contributed by atoms with Gasteiger partial charge in [0.15, 0.2) is 0 Å². The molecule has 0 bridgehead atoms. The molecule has 0 aliphatic rings. The maximum absolute atomic E-state index is 12.3. The van der Waals surface area contributed by atoms with Gasteiger partial charge in [0.05, 0.1) is 12.0 Å².